The molecule has 2 N–H and O–H groups in total. The highest BCUT2D eigenvalue weighted by molar-refractivity contribution is 5.45. The van der Waals surface area contributed by atoms with Gasteiger partial charge in [0.2, 0.25) is 6.41 Å². The first kappa shape index (κ1) is 9.52. The van der Waals surface area contributed by atoms with Gasteiger partial charge < -0.3 is 10.6 Å². The van der Waals surface area contributed by atoms with Gasteiger partial charge in [-0.2, -0.15) is 0 Å². The van der Waals surface area contributed by atoms with Crippen LogP contribution in [-0.4, -0.2) is 26.0 Å². The van der Waals surface area contributed by atoms with Crippen molar-refractivity contribution in [3.63, 3.8) is 0 Å². The molecule has 0 saturated carbocycles. The molecule has 0 aromatic rings. The maximum atomic E-state index is 9.99. The highest BCUT2D eigenvalue weighted by Crippen LogP contribution is 2.16. The molecule has 0 aromatic carbocycles. The molecule has 1 heterocycles. The van der Waals surface area contributed by atoms with Gasteiger partial charge >= 0.3 is 0 Å². The van der Waals surface area contributed by atoms with E-state index in [1.165, 1.54) is 19.3 Å². The Morgan fingerprint density at radius 2 is 2.33 bits per heavy atom. The summed E-state index contributed by atoms with van der Waals surface area (Å²) in [7, 11) is 0. The quantitative estimate of drug-likeness (QED) is 0.477. The van der Waals surface area contributed by atoms with E-state index in [1.54, 1.807) is 0 Å². The van der Waals surface area contributed by atoms with Crippen molar-refractivity contribution in [3.8, 4) is 0 Å². The smallest absolute Gasteiger partial charge is 0.207 e. The predicted octanol–water partition coefficient (Wildman–Crippen LogP) is 0.512. The second kappa shape index (κ2) is 6.00. The van der Waals surface area contributed by atoms with Crippen LogP contribution >= 0.6 is 0 Å². The molecule has 1 unspecified atom stereocenters. The zero-order valence-corrected chi connectivity index (χ0v) is 7.51. The molecule has 1 amide bonds. The van der Waals surface area contributed by atoms with E-state index in [4.69, 9.17) is 0 Å². The van der Waals surface area contributed by atoms with Crippen molar-refractivity contribution in [2.45, 2.75) is 25.7 Å². The van der Waals surface area contributed by atoms with E-state index in [-0.39, 0.29) is 0 Å². The third-order valence-corrected chi connectivity index (χ3v) is 2.48. The summed E-state index contributed by atoms with van der Waals surface area (Å²) >= 11 is 0. The van der Waals surface area contributed by atoms with Crippen LogP contribution < -0.4 is 10.6 Å². The summed E-state index contributed by atoms with van der Waals surface area (Å²) in [5, 5.41) is 6.09. The average molecular weight is 170 g/mol. The number of rotatable bonds is 4. The van der Waals surface area contributed by atoms with Crippen LogP contribution in [-0.2, 0) is 4.79 Å². The lowest BCUT2D eigenvalue weighted by Gasteiger charge is -2.12. The third kappa shape index (κ3) is 3.72. The molecular weight excluding hydrogens is 152 g/mol. The van der Waals surface area contributed by atoms with Gasteiger partial charge in [-0.3, -0.25) is 4.79 Å². The first-order valence-electron chi connectivity index (χ1n) is 4.81. The van der Waals surface area contributed by atoms with Crippen LogP contribution in [0.5, 0.6) is 0 Å². The lowest BCUT2D eigenvalue weighted by Crippen LogP contribution is -2.17. The molecule has 1 rings (SSSR count). The molecule has 1 saturated heterocycles. The van der Waals surface area contributed by atoms with Gasteiger partial charge in [0.05, 0.1) is 0 Å². The van der Waals surface area contributed by atoms with Gasteiger partial charge in [0, 0.05) is 6.54 Å². The van der Waals surface area contributed by atoms with Crippen molar-refractivity contribution >= 4 is 6.41 Å². The summed E-state index contributed by atoms with van der Waals surface area (Å²) in [6.45, 7) is 3.15. The summed E-state index contributed by atoms with van der Waals surface area (Å²) in [4.78, 5) is 9.99. The van der Waals surface area contributed by atoms with Gasteiger partial charge in [0.15, 0.2) is 0 Å². The largest absolute Gasteiger partial charge is 0.359 e. The summed E-state index contributed by atoms with van der Waals surface area (Å²) in [6.07, 6.45) is 5.79. The van der Waals surface area contributed by atoms with E-state index in [9.17, 15) is 4.79 Å². The Morgan fingerprint density at radius 1 is 1.42 bits per heavy atom. The Bertz CT molecular complexity index is 120. The number of carbonyl (C=O) groups excluding carboxylic acids is 1. The fourth-order valence-corrected chi connectivity index (χ4v) is 1.73. The number of carbonyl (C=O) groups is 1. The molecule has 0 aliphatic carbocycles. The second-order valence-electron chi connectivity index (χ2n) is 3.41. The van der Waals surface area contributed by atoms with Crippen LogP contribution in [0.1, 0.15) is 25.7 Å². The maximum Gasteiger partial charge on any atom is 0.207 e. The van der Waals surface area contributed by atoms with E-state index in [1.807, 2.05) is 0 Å². The van der Waals surface area contributed by atoms with Gasteiger partial charge in [0.1, 0.15) is 0 Å². The minimum atomic E-state index is 0.787. The fraction of sp³-hybridized carbons (Fsp3) is 0.889. The molecule has 0 bridgehead atoms. The zero-order valence-electron chi connectivity index (χ0n) is 7.51. The topological polar surface area (TPSA) is 41.1 Å². The van der Waals surface area contributed by atoms with Crippen molar-refractivity contribution < 1.29 is 4.79 Å². The van der Waals surface area contributed by atoms with Crippen molar-refractivity contribution in [2.75, 3.05) is 19.6 Å². The number of nitrogens with one attached hydrogen (secondary N) is 2. The van der Waals surface area contributed by atoms with E-state index in [2.05, 4.69) is 10.6 Å². The van der Waals surface area contributed by atoms with Gasteiger partial charge in [-0.05, 0) is 44.7 Å². The molecule has 1 aliphatic heterocycles. The SMILES string of the molecule is O=CNCCC1CCCNCC1. The molecule has 3 heteroatoms. The molecule has 1 aliphatic rings. The maximum absolute atomic E-state index is 9.99. The summed E-state index contributed by atoms with van der Waals surface area (Å²) < 4.78 is 0. The minimum absolute atomic E-state index is 0.787. The molecule has 0 spiro atoms. The van der Waals surface area contributed by atoms with E-state index >= 15 is 0 Å². The molecular formula is C9H18N2O. The van der Waals surface area contributed by atoms with Crippen LogP contribution in [0.15, 0.2) is 0 Å². The molecule has 1 atom stereocenters. The van der Waals surface area contributed by atoms with E-state index < -0.39 is 0 Å². The van der Waals surface area contributed by atoms with Crippen LogP contribution in [0.3, 0.4) is 0 Å². The van der Waals surface area contributed by atoms with Crippen LogP contribution in [0, 0.1) is 5.92 Å². The molecule has 0 aromatic heterocycles. The summed E-state index contributed by atoms with van der Waals surface area (Å²) in [5.41, 5.74) is 0. The fourth-order valence-electron chi connectivity index (χ4n) is 1.73. The number of amides is 1. The van der Waals surface area contributed by atoms with E-state index in [0.717, 1.165) is 38.4 Å². The van der Waals surface area contributed by atoms with Crippen molar-refractivity contribution in [1.29, 1.82) is 0 Å². The van der Waals surface area contributed by atoms with Crippen LogP contribution in [0.4, 0.5) is 0 Å². The van der Waals surface area contributed by atoms with E-state index in [0.29, 0.717) is 0 Å². The van der Waals surface area contributed by atoms with Crippen LogP contribution in [0.2, 0.25) is 0 Å². The molecule has 70 valence electrons. The normalized spacial score (nSPS) is 24.5. The van der Waals surface area contributed by atoms with Crippen LogP contribution in [0.25, 0.3) is 0 Å². The lowest BCUT2D eigenvalue weighted by atomic mass is 9.97. The second-order valence-corrected chi connectivity index (χ2v) is 3.41. The first-order valence-corrected chi connectivity index (χ1v) is 4.81. The lowest BCUT2D eigenvalue weighted by molar-refractivity contribution is -0.109. The monoisotopic (exact) mass is 170 g/mol. The standard InChI is InChI=1S/C9H18N2O/c12-8-11-7-4-9-2-1-5-10-6-3-9/h8-10H,1-7H2,(H,11,12). The Hall–Kier alpha value is -0.570. The summed E-state index contributed by atoms with van der Waals surface area (Å²) in [6, 6.07) is 0. The van der Waals surface area contributed by atoms with Crippen molar-refractivity contribution in [1.82, 2.24) is 10.6 Å². The zero-order chi connectivity index (χ0) is 8.65. The average Bonchev–Trinajstić information content (AvgIpc) is 2.33. The van der Waals surface area contributed by atoms with Gasteiger partial charge in [-0.1, -0.05) is 0 Å². The van der Waals surface area contributed by atoms with Gasteiger partial charge in [-0.25, -0.2) is 0 Å². The number of hydrogen-bond acceptors (Lipinski definition) is 2. The van der Waals surface area contributed by atoms with Crippen molar-refractivity contribution in [2.24, 2.45) is 5.92 Å². The van der Waals surface area contributed by atoms with Crippen molar-refractivity contribution in [3.05, 3.63) is 0 Å². The number of hydrogen-bond donors (Lipinski definition) is 2. The summed E-state index contributed by atoms with van der Waals surface area (Å²) in [5.74, 6) is 0.812. The van der Waals surface area contributed by atoms with Gasteiger partial charge in [0.25, 0.3) is 0 Å². The Labute approximate surface area is 73.9 Å². The Balaban J connectivity index is 2.07. The highest BCUT2D eigenvalue weighted by Gasteiger charge is 2.10. The minimum Gasteiger partial charge on any atom is -0.359 e. The highest BCUT2D eigenvalue weighted by atomic mass is 16.1. The molecule has 12 heavy (non-hydrogen) atoms. The first-order chi connectivity index (χ1) is 5.93. The molecule has 3 nitrogen and oxygen atoms in total. The Morgan fingerprint density at radius 3 is 3.17 bits per heavy atom. The third-order valence-electron chi connectivity index (χ3n) is 2.48. The Kier molecular flexibility index (Phi) is 4.76. The molecule has 0 radical (unpaired) electrons. The predicted molar refractivity (Wildman–Crippen MR) is 48.9 cm³/mol. The molecule has 1 fully saturated rings. The van der Waals surface area contributed by atoms with Gasteiger partial charge in [-0.15, -0.1) is 0 Å².